The van der Waals surface area contributed by atoms with E-state index in [0.29, 0.717) is 0 Å². The van der Waals surface area contributed by atoms with Gasteiger partial charge in [-0.15, -0.1) is 5.10 Å². The van der Waals surface area contributed by atoms with Gasteiger partial charge in [-0.1, -0.05) is 6.92 Å². The number of aliphatic hydroxyl groups is 1. The Morgan fingerprint density at radius 3 is 3.08 bits per heavy atom. The average molecular weight is 167 g/mol. The Balaban J connectivity index is 2.33. The molecule has 1 unspecified atom stereocenters. The topological polar surface area (TPSA) is 58.0 Å². The van der Waals surface area contributed by atoms with Crippen molar-refractivity contribution in [1.29, 1.82) is 0 Å². The summed E-state index contributed by atoms with van der Waals surface area (Å²) in [5, 5.41) is 19.4. The molecule has 66 valence electrons. The monoisotopic (exact) mass is 167 g/mol. The molecule has 0 fully saturated rings. The van der Waals surface area contributed by atoms with Crippen LogP contribution in [0.15, 0.2) is 18.3 Å². The summed E-state index contributed by atoms with van der Waals surface area (Å²) in [6.45, 7) is 2.87. The van der Waals surface area contributed by atoms with E-state index >= 15 is 0 Å². The highest BCUT2D eigenvalue weighted by Gasteiger charge is 1.99. The summed E-state index contributed by atoms with van der Waals surface area (Å²) in [5.74, 6) is 0.991. The number of aliphatic hydroxyl groups excluding tert-OH is 1. The van der Waals surface area contributed by atoms with Gasteiger partial charge in [0.1, 0.15) is 5.82 Å². The zero-order valence-corrected chi connectivity index (χ0v) is 7.07. The largest absolute Gasteiger partial charge is 0.396 e. The maximum absolute atomic E-state index is 8.74. The average Bonchev–Trinajstić information content (AvgIpc) is 2.16. The minimum atomic E-state index is 0.188. The second-order valence-electron chi connectivity index (χ2n) is 2.78. The molecule has 0 aliphatic carbocycles. The Morgan fingerprint density at radius 1 is 1.67 bits per heavy atom. The minimum Gasteiger partial charge on any atom is -0.396 e. The van der Waals surface area contributed by atoms with Crippen molar-refractivity contribution < 1.29 is 5.11 Å². The van der Waals surface area contributed by atoms with E-state index in [1.54, 1.807) is 6.20 Å². The van der Waals surface area contributed by atoms with Crippen molar-refractivity contribution in [3.8, 4) is 0 Å². The fourth-order valence-corrected chi connectivity index (χ4v) is 0.739. The third-order valence-corrected chi connectivity index (χ3v) is 1.52. The van der Waals surface area contributed by atoms with Gasteiger partial charge in [-0.2, -0.15) is 5.10 Å². The van der Waals surface area contributed by atoms with Gasteiger partial charge in [-0.25, -0.2) is 0 Å². The molecule has 1 heterocycles. The van der Waals surface area contributed by atoms with E-state index in [1.165, 1.54) is 0 Å². The van der Waals surface area contributed by atoms with Crippen LogP contribution in [0.1, 0.15) is 6.92 Å². The van der Waals surface area contributed by atoms with E-state index in [4.69, 9.17) is 5.11 Å². The highest BCUT2D eigenvalue weighted by Crippen LogP contribution is 1.99. The van der Waals surface area contributed by atoms with Crippen LogP contribution in [-0.4, -0.2) is 28.5 Å². The summed E-state index contributed by atoms with van der Waals surface area (Å²) in [5.41, 5.74) is 0. The van der Waals surface area contributed by atoms with Crippen LogP contribution in [0.25, 0.3) is 0 Å². The molecule has 0 bridgehead atoms. The third kappa shape index (κ3) is 2.84. The van der Waals surface area contributed by atoms with Crippen LogP contribution in [0, 0.1) is 5.92 Å². The van der Waals surface area contributed by atoms with Gasteiger partial charge in [0, 0.05) is 19.3 Å². The molecule has 1 aromatic heterocycles. The third-order valence-electron chi connectivity index (χ3n) is 1.52. The van der Waals surface area contributed by atoms with Crippen molar-refractivity contribution in [3.63, 3.8) is 0 Å². The van der Waals surface area contributed by atoms with Crippen molar-refractivity contribution in [3.05, 3.63) is 18.3 Å². The van der Waals surface area contributed by atoms with Crippen molar-refractivity contribution in [1.82, 2.24) is 10.2 Å². The molecular formula is C8H13N3O. The molecule has 0 aliphatic rings. The van der Waals surface area contributed by atoms with Crippen LogP contribution >= 0.6 is 0 Å². The molecule has 0 aliphatic heterocycles. The molecular weight excluding hydrogens is 154 g/mol. The van der Waals surface area contributed by atoms with E-state index in [1.807, 2.05) is 19.1 Å². The lowest BCUT2D eigenvalue weighted by molar-refractivity contribution is 0.244. The Kier molecular flexibility index (Phi) is 3.47. The Hall–Kier alpha value is -1.16. The number of aromatic nitrogens is 2. The predicted molar refractivity (Wildman–Crippen MR) is 46.8 cm³/mol. The van der Waals surface area contributed by atoms with E-state index in [-0.39, 0.29) is 12.5 Å². The zero-order chi connectivity index (χ0) is 8.81. The fraction of sp³-hybridized carbons (Fsp3) is 0.500. The van der Waals surface area contributed by atoms with Gasteiger partial charge < -0.3 is 10.4 Å². The van der Waals surface area contributed by atoms with E-state index in [0.717, 1.165) is 12.4 Å². The first-order valence-electron chi connectivity index (χ1n) is 3.95. The molecule has 0 spiro atoms. The molecule has 2 N–H and O–H groups in total. The summed E-state index contributed by atoms with van der Waals surface area (Å²) in [6, 6.07) is 3.66. The fourth-order valence-electron chi connectivity index (χ4n) is 0.739. The second-order valence-corrected chi connectivity index (χ2v) is 2.78. The van der Waals surface area contributed by atoms with Crippen molar-refractivity contribution in [2.45, 2.75) is 6.92 Å². The lowest BCUT2D eigenvalue weighted by Crippen LogP contribution is -2.15. The first-order chi connectivity index (χ1) is 5.83. The minimum absolute atomic E-state index is 0.188. The first kappa shape index (κ1) is 8.93. The Bertz CT molecular complexity index is 215. The summed E-state index contributed by atoms with van der Waals surface area (Å²) in [7, 11) is 0. The Labute approximate surface area is 71.6 Å². The number of anilines is 1. The SMILES string of the molecule is CC(CO)CNc1cccnn1. The van der Waals surface area contributed by atoms with Crippen LogP contribution in [0.5, 0.6) is 0 Å². The molecule has 1 aromatic rings. The van der Waals surface area contributed by atoms with Gasteiger partial charge >= 0.3 is 0 Å². The molecule has 0 aromatic carbocycles. The van der Waals surface area contributed by atoms with Gasteiger partial charge in [-0.3, -0.25) is 0 Å². The highest BCUT2D eigenvalue weighted by molar-refractivity contribution is 5.31. The second kappa shape index (κ2) is 4.66. The van der Waals surface area contributed by atoms with Crippen LogP contribution in [0.2, 0.25) is 0 Å². The van der Waals surface area contributed by atoms with Gasteiger partial charge in [0.15, 0.2) is 0 Å². The predicted octanol–water partition coefficient (Wildman–Crippen LogP) is 0.517. The summed E-state index contributed by atoms with van der Waals surface area (Å²) < 4.78 is 0. The lowest BCUT2D eigenvalue weighted by atomic mass is 10.2. The van der Waals surface area contributed by atoms with Gasteiger partial charge in [0.05, 0.1) is 0 Å². The van der Waals surface area contributed by atoms with E-state index in [2.05, 4.69) is 15.5 Å². The normalized spacial score (nSPS) is 12.5. The molecule has 0 radical (unpaired) electrons. The Morgan fingerprint density at radius 2 is 2.50 bits per heavy atom. The molecule has 0 amide bonds. The van der Waals surface area contributed by atoms with Crippen molar-refractivity contribution >= 4 is 5.82 Å². The molecule has 0 saturated heterocycles. The van der Waals surface area contributed by atoms with Gasteiger partial charge in [0.2, 0.25) is 0 Å². The number of rotatable bonds is 4. The van der Waals surface area contributed by atoms with Crippen LogP contribution in [0.4, 0.5) is 5.82 Å². The molecule has 0 saturated carbocycles. The van der Waals surface area contributed by atoms with E-state index in [9.17, 15) is 0 Å². The van der Waals surface area contributed by atoms with E-state index < -0.39 is 0 Å². The zero-order valence-electron chi connectivity index (χ0n) is 7.07. The molecule has 12 heavy (non-hydrogen) atoms. The maximum atomic E-state index is 8.74. The standard InChI is InChI=1S/C8H13N3O/c1-7(6-12)5-9-8-3-2-4-10-11-8/h2-4,7,12H,5-6H2,1H3,(H,9,11). The molecule has 4 heteroatoms. The maximum Gasteiger partial charge on any atom is 0.148 e. The molecule has 4 nitrogen and oxygen atoms in total. The highest BCUT2D eigenvalue weighted by atomic mass is 16.3. The number of hydrogen-bond acceptors (Lipinski definition) is 4. The number of hydrogen-bond donors (Lipinski definition) is 2. The number of nitrogens with zero attached hydrogens (tertiary/aromatic N) is 2. The smallest absolute Gasteiger partial charge is 0.148 e. The van der Waals surface area contributed by atoms with Crippen molar-refractivity contribution in [2.75, 3.05) is 18.5 Å². The molecule has 1 rings (SSSR count). The van der Waals surface area contributed by atoms with Gasteiger partial charge in [-0.05, 0) is 18.1 Å². The molecule has 1 atom stereocenters. The van der Waals surface area contributed by atoms with Crippen LogP contribution < -0.4 is 5.32 Å². The quantitative estimate of drug-likeness (QED) is 0.686. The van der Waals surface area contributed by atoms with Crippen molar-refractivity contribution in [2.24, 2.45) is 5.92 Å². The summed E-state index contributed by atoms with van der Waals surface area (Å²) in [4.78, 5) is 0. The summed E-state index contributed by atoms with van der Waals surface area (Å²) >= 11 is 0. The summed E-state index contributed by atoms with van der Waals surface area (Å²) in [6.07, 6.45) is 1.63. The van der Waals surface area contributed by atoms with Crippen LogP contribution in [0.3, 0.4) is 0 Å². The lowest BCUT2D eigenvalue weighted by Gasteiger charge is -2.08. The number of nitrogens with one attached hydrogen (secondary N) is 1. The first-order valence-corrected chi connectivity index (χ1v) is 3.95. The van der Waals surface area contributed by atoms with Crippen LogP contribution in [-0.2, 0) is 0 Å². The van der Waals surface area contributed by atoms with Gasteiger partial charge in [0.25, 0.3) is 0 Å².